The summed E-state index contributed by atoms with van der Waals surface area (Å²) >= 11 is 1.24. The molecule has 0 atom stereocenters. The average molecular weight is 599 g/mol. The molecule has 42 heavy (non-hydrogen) atoms. The van der Waals surface area contributed by atoms with E-state index in [0.29, 0.717) is 16.5 Å². The van der Waals surface area contributed by atoms with Crippen LogP contribution in [0.1, 0.15) is 5.56 Å². The number of benzene rings is 4. The number of carbonyl (C=O) groups excluding carboxylic acids is 1. The summed E-state index contributed by atoms with van der Waals surface area (Å²) in [6, 6.07) is 33.6. The van der Waals surface area contributed by atoms with Gasteiger partial charge in [0, 0.05) is 25.3 Å². The topological polar surface area (TPSA) is 100 Å². The van der Waals surface area contributed by atoms with Gasteiger partial charge in [0.05, 0.1) is 22.0 Å². The Morgan fingerprint density at radius 3 is 2.10 bits per heavy atom. The number of aromatic nitrogens is 3. The summed E-state index contributed by atoms with van der Waals surface area (Å²) in [5.41, 5.74) is 7.06. The zero-order valence-corrected chi connectivity index (χ0v) is 25.0. The summed E-state index contributed by atoms with van der Waals surface area (Å²) in [7, 11) is -0.663. The summed E-state index contributed by atoms with van der Waals surface area (Å²) in [4.78, 5) is 13.4. The lowest BCUT2D eigenvalue weighted by molar-refractivity contribution is -0.118. The van der Waals surface area contributed by atoms with Crippen LogP contribution in [0.3, 0.4) is 0 Å². The smallest absolute Gasteiger partial charge is 0.249 e. The van der Waals surface area contributed by atoms with E-state index >= 15 is 0 Å². The van der Waals surface area contributed by atoms with Crippen LogP contribution in [0, 0.1) is 6.92 Å². The van der Waals surface area contributed by atoms with Gasteiger partial charge in [-0.1, -0.05) is 72.4 Å². The highest BCUT2D eigenvalue weighted by Crippen LogP contribution is 2.30. The zero-order chi connectivity index (χ0) is 29.7. The number of nitrogens with zero attached hydrogens (tertiary/aromatic N) is 5. The third-order valence-corrected chi connectivity index (χ3v) is 9.10. The number of aryl methyl sites for hydroxylation is 1. The van der Waals surface area contributed by atoms with E-state index in [-0.39, 0.29) is 16.6 Å². The van der Waals surface area contributed by atoms with Gasteiger partial charge in [0.25, 0.3) is 0 Å². The van der Waals surface area contributed by atoms with E-state index in [2.05, 4.69) is 15.6 Å². The summed E-state index contributed by atoms with van der Waals surface area (Å²) < 4.78 is 28.7. The van der Waals surface area contributed by atoms with Crippen LogP contribution in [-0.4, -0.2) is 53.2 Å². The molecule has 0 saturated heterocycles. The first-order valence-corrected chi connectivity index (χ1v) is 15.5. The number of hydrazine groups is 1. The Labute approximate surface area is 249 Å². The second kappa shape index (κ2) is 12.6. The largest absolute Gasteiger partial charge is 0.272 e. The lowest BCUT2D eigenvalue weighted by atomic mass is 10.2. The second-order valence-electron chi connectivity index (χ2n) is 9.63. The van der Waals surface area contributed by atoms with Crippen molar-refractivity contribution in [3.05, 3.63) is 115 Å². The van der Waals surface area contributed by atoms with Gasteiger partial charge < -0.3 is 0 Å². The van der Waals surface area contributed by atoms with E-state index < -0.39 is 10.0 Å². The molecule has 5 rings (SSSR count). The number of para-hydroxylation sites is 2. The predicted octanol–water partition coefficient (Wildman–Crippen LogP) is 5.45. The molecule has 1 amide bonds. The first kappa shape index (κ1) is 29.1. The summed E-state index contributed by atoms with van der Waals surface area (Å²) in [5, 5.41) is 11.1. The van der Waals surface area contributed by atoms with E-state index in [1.54, 1.807) is 29.3 Å². The molecule has 5 aromatic rings. The number of rotatable bonds is 10. The molecule has 0 saturated carbocycles. The van der Waals surface area contributed by atoms with Gasteiger partial charge in [-0.3, -0.25) is 19.8 Å². The molecule has 0 aliphatic carbocycles. The highest BCUT2D eigenvalue weighted by Gasteiger charge is 2.22. The van der Waals surface area contributed by atoms with Crippen LogP contribution in [0.25, 0.3) is 17.1 Å². The van der Waals surface area contributed by atoms with Crippen LogP contribution in [0.2, 0.25) is 0 Å². The molecule has 0 spiro atoms. The molecule has 0 radical (unpaired) electrons. The highest BCUT2D eigenvalue weighted by molar-refractivity contribution is 7.99. The molecule has 0 unspecified atom stereocenters. The van der Waals surface area contributed by atoms with Crippen molar-refractivity contribution in [1.29, 1.82) is 0 Å². The quantitative estimate of drug-likeness (QED) is 0.168. The molecular weight excluding hydrogens is 569 g/mol. The number of nitrogens with one attached hydrogen (secondary N) is 1. The predicted molar refractivity (Wildman–Crippen MR) is 166 cm³/mol. The highest BCUT2D eigenvalue weighted by atomic mass is 32.2. The number of thioether (sulfide) groups is 1. The Kier molecular flexibility index (Phi) is 8.72. The Hall–Kier alpha value is -4.45. The number of amides is 1. The molecule has 214 valence electrons. The molecule has 1 N–H and O–H groups in total. The first-order chi connectivity index (χ1) is 20.2. The van der Waals surface area contributed by atoms with E-state index in [9.17, 15) is 13.2 Å². The lowest BCUT2D eigenvalue weighted by Crippen LogP contribution is -2.40. The molecule has 0 fully saturated rings. The van der Waals surface area contributed by atoms with Crippen molar-refractivity contribution in [2.75, 3.05) is 24.9 Å². The number of carbonyl (C=O) groups is 1. The van der Waals surface area contributed by atoms with Crippen LogP contribution in [0.4, 0.5) is 11.4 Å². The minimum atomic E-state index is -3.65. The van der Waals surface area contributed by atoms with Crippen LogP contribution in [-0.2, 0) is 14.8 Å². The molecule has 1 heterocycles. The van der Waals surface area contributed by atoms with Crippen LogP contribution < -0.4 is 10.4 Å². The van der Waals surface area contributed by atoms with Gasteiger partial charge >= 0.3 is 0 Å². The Morgan fingerprint density at radius 1 is 0.833 bits per heavy atom. The van der Waals surface area contributed by atoms with Gasteiger partial charge in [-0.2, -0.15) is 0 Å². The minimum Gasteiger partial charge on any atom is -0.272 e. The molecular formula is C31H30N6O3S2. The number of sulfonamides is 1. The fourth-order valence-corrected chi connectivity index (χ4v) is 5.97. The van der Waals surface area contributed by atoms with Crippen LogP contribution >= 0.6 is 11.8 Å². The zero-order valence-electron chi connectivity index (χ0n) is 23.4. The van der Waals surface area contributed by atoms with Gasteiger partial charge in [0.15, 0.2) is 11.0 Å². The van der Waals surface area contributed by atoms with E-state index in [1.165, 1.54) is 30.2 Å². The molecule has 0 bridgehead atoms. The molecule has 1 aromatic heterocycles. The monoisotopic (exact) mass is 598 g/mol. The fourth-order valence-electron chi connectivity index (χ4n) is 4.28. The van der Waals surface area contributed by atoms with Crippen molar-refractivity contribution < 1.29 is 13.2 Å². The molecule has 9 nitrogen and oxygen atoms in total. The van der Waals surface area contributed by atoms with E-state index in [4.69, 9.17) is 0 Å². The average Bonchev–Trinajstić information content (AvgIpc) is 3.44. The number of hydrogen-bond donors (Lipinski definition) is 1. The van der Waals surface area contributed by atoms with Crippen molar-refractivity contribution in [2.24, 2.45) is 0 Å². The van der Waals surface area contributed by atoms with Crippen molar-refractivity contribution in [3.63, 3.8) is 0 Å². The fraction of sp³-hybridized carbons (Fsp3) is 0.129. The summed E-state index contributed by atoms with van der Waals surface area (Å²) in [6.07, 6.45) is 0. The van der Waals surface area contributed by atoms with Gasteiger partial charge in [0.2, 0.25) is 15.9 Å². The summed E-state index contributed by atoms with van der Waals surface area (Å²) in [6.45, 7) is 1.99. The molecule has 0 aliphatic rings. The van der Waals surface area contributed by atoms with Crippen LogP contribution in [0.5, 0.6) is 0 Å². The van der Waals surface area contributed by atoms with Crippen LogP contribution in [0.15, 0.2) is 119 Å². The number of anilines is 2. The van der Waals surface area contributed by atoms with Crippen molar-refractivity contribution >= 4 is 39.1 Å². The maximum Gasteiger partial charge on any atom is 0.249 e. The Balaban J connectivity index is 1.45. The van der Waals surface area contributed by atoms with Gasteiger partial charge in [-0.15, -0.1) is 10.2 Å². The molecule has 11 heteroatoms. The maximum absolute atomic E-state index is 13.3. The third-order valence-electron chi connectivity index (χ3n) is 6.36. The molecule has 0 aliphatic heterocycles. The SMILES string of the molecule is Cc1cccc(-n2c(SCC(=O)NN(c3ccccc3)c3ccccc3)nnc2-c2cccc(S(=O)(=O)N(C)C)c2)c1. The Morgan fingerprint density at radius 2 is 1.48 bits per heavy atom. The standard InChI is InChI=1S/C31H30N6O3S2/c1-23-12-10-18-27(20-23)36-30(24-13-11-19-28(21-24)42(39,40)35(2)3)32-33-31(36)41-22-29(38)34-37(25-14-6-4-7-15-25)26-16-8-5-9-17-26/h4-21H,22H2,1-3H3,(H,34,38). The lowest BCUT2D eigenvalue weighted by Gasteiger charge is -2.25. The van der Waals surface area contributed by atoms with Crippen molar-refractivity contribution in [2.45, 2.75) is 17.0 Å². The number of hydrogen-bond acceptors (Lipinski definition) is 7. The van der Waals surface area contributed by atoms with Gasteiger partial charge in [-0.25, -0.2) is 12.7 Å². The van der Waals surface area contributed by atoms with Crippen molar-refractivity contribution in [3.8, 4) is 17.1 Å². The maximum atomic E-state index is 13.3. The van der Waals surface area contributed by atoms with Gasteiger partial charge in [-0.05, 0) is 61.0 Å². The molecule has 4 aromatic carbocycles. The van der Waals surface area contributed by atoms with Gasteiger partial charge in [0.1, 0.15) is 0 Å². The third kappa shape index (κ3) is 6.38. The first-order valence-electron chi connectivity index (χ1n) is 13.1. The van der Waals surface area contributed by atoms with E-state index in [0.717, 1.165) is 22.6 Å². The summed E-state index contributed by atoms with van der Waals surface area (Å²) in [5.74, 6) is 0.302. The van der Waals surface area contributed by atoms with Crippen molar-refractivity contribution in [1.82, 2.24) is 24.5 Å². The Bertz CT molecular complexity index is 1750. The van der Waals surface area contributed by atoms with E-state index in [1.807, 2.05) is 96.4 Å². The normalized spacial score (nSPS) is 11.4. The second-order valence-corrected chi connectivity index (χ2v) is 12.7. The minimum absolute atomic E-state index is 0.0646.